The van der Waals surface area contributed by atoms with Crippen LogP contribution < -0.4 is 11.3 Å². The number of hydrogen-bond acceptors (Lipinski definition) is 7. The number of halogens is 1. The van der Waals surface area contributed by atoms with Gasteiger partial charge in [-0.05, 0) is 24.3 Å². The van der Waals surface area contributed by atoms with Gasteiger partial charge in [0, 0.05) is 17.0 Å². The second-order valence-electron chi connectivity index (χ2n) is 6.13. The summed E-state index contributed by atoms with van der Waals surface area (Å²) >= 11 is 0. The van der Waals surface area contributed by atoms with E-state index in [1.807, 2.05) is 0 Å². The van der Waals surface area contributed by atoms with Gasteiger partial charge in [-0.15, -0.1) is 0 Å². The Morgan fingerprint density at radius 2 is 2.07 bits per heavy atom. The van der Waals surface area contributed by atoms with Crippen LogP contribution in [0.3, 0.4) is 0 Å². The first-order valence-corrected chi connectivity index (χ1v) is 8.41. The van der Waals surface area contributed by atoms with E-state index in [4.69, 9.17) is 10.5 Å². The number of nitrogen functional groups attached to an aromatic ring is 1. The minimum absolute atomic E-state index is 0.0612. The highest BCUT2D eigenvalue weighted by atomic mass is 19.1. The predicted octanol–water partition coefficient (Wildman–Crippen LogP) is 1.89. The molecule has 0 atom stereocenters. The summed E-state index contributed by atoms with van der Waals surface area (Å²) in [7, 11) is 0. The van der Waals surface area contributed by atoms with E-state index in [1.54, 1.807) is 18.2 Å². The van der Waals surface area contributed by atoms with Gasteiger partial charge in [0.05, 0.1) is 6.20 Å². The molecule has 3 heterocycles. The molecular weight excluding hydrogens is 381 g/mol. The fourth-order valence-electron chi connectivity index (χ4n) is 2.82. The molecule has 1 aromatic carbocycles. The second kappa shape index (κ2) is 7.08. The molecule has 0 fully saturated rings. The Balaban J connectivity index is 1.59. The number of carbonyl (C=O) groups excluding carboxylic acids is 1. The van der Waals surface area contributed by atoms with Crippen LogP contribution in [0.1, 0.15) is 16.1 Å². The number of aromatic hydroxyl groups is 1. The van der Waals surface area contributed by atoms with Crippen molar-refractivity contribution in [2.75, 3.05) is 5.73 Å². The molecule has 4 rings (SSSR count). The van der Waals surface area contributed by atoms with Crippen LogP contribution in [0.5, 0.6) is 5.75 Å². The number of aromatic amines is 1. The summed E-state index contributed by atoms with van der Waals surface area (Å²) in [6.45, 7) is -0.267. The third-order valence-electron chi connectivity index (χ3n) is 4.16. The molecule has 3 aromatic heterocycles. The second-order valence-corrected chi connectivity index (χ2v) is 6.13. The van der Waals surface area contributed by atoms with Gasteiger partial charge >= 0.3 is 5.97 Å². The highest BCUT2D eigenvalue weighted by molar-refractivity contribution is 5.90. The number of anilines is 1. The number of rotatable bonds is 4. The van der Waals surface area contributed by atoms with Crippen LogP contribution in [0.25, 0.3) is 16.7 Å². The lowest BCUT2D eigenvalue weighted by Crippen LogP contribution is -2.12. The average Bonchev–Trinajstić information content (AvgIpc) is 3.07. The van der Waals surface area contributed by atoms with Crippen LogP contribution >= 0.6 is 0 Å². The number of fused-ring (bicyclic) bond motifs is 1. The minimum Gasteiger partial charge on any atom is -0.504 e. The van der Waals surface area contributed by atoms with Gasteiger partial charge in [-0.3, -0.25) is 4.79 Å². The Labute approximate surface area is 162 Å². The molecule has 0 saturated heterocycles. The molecule has 0 aliphatic rings. The van der Waals surface area contributed by atoms with Crippen molar-refractivity contribution in [1.29, 1.82) is 0 Å². The summed E-state index contributed by atoms with van der Waals surface area (Å²) in [6, 6.07) is 10.2. The number of ether oxygens (including phenoxy) is 1. The highest BCUT2D eigenvalue weighted by Gasteiger charge is 2.20. The Hall–Kier alpha value is -4.21. The zero-order chi connectivity index (χ0) is 20.5. The zero-order valence-electron chi connectivity index (χ0n) is 14.8. The van der Waals surface area contributed by atoms with E-state index in [2.05, 4.69) is 15.1 Å². The maximum atomic E-state index is 13.9. The van der Waals surface area contributed by atoms with Gasteiger partial charge in [0.15, 0.2) is 5.75 Å². The zero-order valence-corrected chi connectivity index (χ0v) is 14.8. The largest absolute Gasteiger partial charge is 0.504 e. The van der Waals surface area contributed by atoms with Crippen molar-refractivity contribution in [2.45, 2.75) is 6.61 Å². The van der Waals surface area contributed by atoms with Crippen molar-refractivity contribution in [2.24, 2.45) is 0 Å². The molecule has 9 nitrogen and oxygen atoms in total. The fourth-order valence-corrected chi connectivity index (χ4v) is 2.82. The Bertz CT molecular complexity index is 1300. The monoisotopic (exact) mass is 395 g/mol. The van der Waals surface area contributed by atoms with Crippen LogP contribution in [0.15, 0.2) is 53.5 Å². The average molecular weight is 395 g/mol. The smallest absolute Gasteiger partial charge is 0.363 e. The number of nitrogens with zero attached hydrogens (tertiary/aromatic N) is 3. The minimum atomic E-state index is -0.936. The van der Waals surface area contributed by atoms with Gasteiger partial charge in [0.25, 0.3) is 0 Å². The number of pyridine rings is 2. The van der Waals surface area contributed by atoms with Gasteiger partial charge in [0.2, 0.25) is 11.3 Å². The lowest BCUT2D eigenvalue weighted by atomic mass is 10.1. The molecule has 0 radical (unpaired) electrons. The van der Waals surface area contributed by atoms with Crippen molar-refractivity contribution >= 4 is 22.8 Å². The van der Waals surface area contributed by atoms with E-state index in [9.17, 15) is 19.1 Å². The van der Waals surface area contributed by atoms with Gasteiger partial charge < -0.3 is 20.6 Å². The summed E-state index contributed by atoms with van der Waals surface area (Å²) in [5, 5.41) is 14.5. The normalized spacial score (nSPS) is 10.9. The maximum absolute atomic E-state index is 13.9. The Kier molecular flexibility index (Phi) is 4.43. The third-order valence-corrected chi connectivity index (χ3v) is 4.16. The summed E-state index contributed by atoms with van der Waals surface area (Å²) in [5.74, 6) is -1.75. The van der Waals surface area contributed by atoms with Gasteiger partial charge in [-0.25, -0.2) is 18.9 Å². The molecular formula is C19H14FN5O4. The van der Waals surface area contributed by atoms with Crippen LogP contribution in [-0.2, 0) is 11.3 Å². The Morgan fingerprint density at radius 1 is 1.28 bits per heavy atom. The number of aromatic nitrogens is 4. The van der Waals surface area contributed by atoms with E-state index in [-0.39, 0.29) is 29.5 Å². The van der Waals surface area contributed by atoms with E-state index in [1.165, 1.54) is 24.3 Å². The molecule has 0 aliphatic heterocycles. The number of para-hydroxylation sites is 1. The van der Waals surface area contributed by atoms with Gasteiger partial charge in [0.1, 0.15) is 29.6 Å². The quantitative estimate of drug-likeness (QED) is 0.449. The van der Waals surface area contributed by atoms with E-state index in [0.717, 1.165) is 10.9 Å². The number of nitrogens with one attached hydrogen (secondary N) is 1. The lowest BCUT2D eigenvalue weighted by molar-refractivity contribution is 0.0463. The third kappa shape index (κ3) is 3.50. The lowest BCUT2D eigenvalue weighted by Gasteiger charge is -2.07. The first-order valence-electron chi connectivity index (χ1n) is 8.41. The van der Waals surface area contributed by atoms with Crippen molar-refractivity contribution in [3.05, 3.63) is 76.1 Å². The van der Waals surface area contributed by atoms with E-state index in [0.29, 0.717) is 10.9 Å². The van der Waals surface area contributed by atoms with Crippen LogP contribution in [-0.4, -0.2) is 30.8 Å². The van der Waals surface area contributed by atoms with Crippen LogP contribution in [0.4, 0.5) is 10.2 Å². The number of nitrogens with two attached hydrogens (primary N) is 1. The molecule has 4 N–H and O–H groups in total. The molecule has 4 aromatic rings. The molecule has 0 spiro atoms. The fraction of sp³-hybridized carbons (Fsp3) is 0.0526. The molecule has 10 heteroatoms. The van der Waals surface area contributed by atoms with E-state index >= 15 is 0 Å². The SMILES string of the molecule is Nc1ccc2c(COC(=O)c3nn(-c4ccccc4F)cc3O)cc(=O)[nH]c2n1. The van der Waals surface area contributed by atoms with E-state index < -0.39 is 23.1 Å². The van der Waals surface area contributed by atoms with Gasteiger partial charge in [-0.2, -0.15) is 5.10 Å². The first kappa shape index (κ1) is 18.2. The van der Waals surface area contributed by atoms with Crippen molar-refractivity contribution in [3.8, 4) is 11.4 Å². The summed E-state index contributed by atoms with van der Waals surface area (Å²) in [4.78, 5) is 30.8. The Morgan fingerprint density at radius 3 is 2.86 bits per heavy atom. The number of hydrogen-bond donors (Lipinski definition) is 3. The standard InChI is InChI=1S/C19H14FN5O4/c20-12-3-1-2-4-13(12)25-8-14(26)17(24-25)19(28)29-9-10-7-16(27)23-18-11(10)5-6-15(21)22-18/h1-8,26H,9H2,(H3,21,22,23,27). The molecule has 146 valence electrons. The number of benzene rings is 1. The van der Waals surface area contributed by atoms with Crippen molar-refractivity contribution < 1.29 is 19.0 Å². The number of carbonyl (C=O) groups is 1. The summed E-state index contributed by atoms with van der Waals surface area (Å²) in [5.41, 5.74) is 5.52. The molecule has 0 unspecified atom stereocenters. The van der Waals surface area contributed by atoms with Crippen molar-refractivity contribution in [3.63, 3.8) is 0 Å². The maximum Gasteiger partial charge on any atom is 0.363 e. The number of H-pyrrole nitrogens is 1. The topological polar surface area (TPSA) is 136 Å². The summed E-state index contributed by atoms with van der Waals surface area (Å²) < 4.78 is 20.1. The predicted molar refractivity (Wildman–Crippen MR) is 101 cm³/mol. The van der Waals surface area contributed by atoms with Crippen LogP contribution in [0, 0.1) is 5.82 Å². The first-order chi connectivity index (χ1) is 13.9. The molecule has 0 amide bonds. The highest BCUT2D eigenvalue weighted by Crippen LogP contribution is 2.22. The molecule has 0 saturated carbocycles. The molecule has 0 aliphatic carbocycles. The van der Waals surface area contributed by atoms with Crippen molar-refractivity contribution in [1.82, 2.24) is 19.7 Å². The van der Waals surface area contributed by atoms with Gasteiger partial charge in [-0.1, -0.05) is 12.1 Å². The number of esters is 1. The van der Waals surface area contributed by atoms with Crippen LogP contribution in [0.2, 0.25) is 0 Å². The summed E-state index contributed by atoms with van der Waals surface area (Å²) in [6.07, 6.45) is 1.10. The molecule has 0 bridgehead atoms. The molecule has 29 heavy (non-hydrogen) atoms.